The highest BCUT2D eigenvalue weighted by atomic mass is 15.2. The van der Waals surface area contributed by atoms with E-state index in [0.29, 0.717) is 5.54 Å². The zero-order valence-corrected chi connectivity index (χ0v) is 12.2. The maximum atomic E-state index is 2.67. The molecular formula is C15H30N2. The first-order valence-corrected chi connectivity index (χ1v) is 7.39. The molecular weight excluding hydrogens is 208 g/mol. The number of piperidine rings is 1. The fourth-order valence-corrected chi connectivity index (χ4v) is 3.40. The molecule has 1 atom stereocenters. The molecule has 0 saturated carbocycles. The van der Waals surface area contributed by atoms with Crippen LogP contribution in [0, 0.1) is 11.8 Å². The van der Waals surface area contributed by atoms with Crippen LogP contribution in [0.3, 0.4) is 0 Å². The first-order chi connectivity index (χ1) is 7.95. The minimum absolute atomic E-state index is 0.377. The van der Waals surface area contributed by atoms with Gasteiger partial charge in [-0.05, 0) is 85.0 Å². The largest absolute Gasteiger partial charge is 0.306 e. The zero-order chi connectivity index (χ0) is 12.5. The molecule has 0 spiro atoms. The standard InChI is InChI=1S/C15H30N2/c1-15(2,3)17-10-7-14(12-17)11-13-5-8-16(4)9-6-13/h13-14H,5-12H2,1-4H3/t14-/m1/s1. The molecule has 0 radical (unpaired) electrons. The quantitative estimate of drug-likeness (QED) is 0.730. The van der Waals surface area contributed by atoms with Crippen LogP contribution in [0.15, 0.2) is 0 Å². The van der Waals surface area contributed by atoms with Crippen LogP contribution in [0.5, 0.6) is 0 Å². The Morgan fingerprint density at radius 1 is 0.941 bits per heavy atom. The molecule has 0 unspecified atom stereocenters. The number of hydrogen-bond acceptors (Lipinski definition) is 2. The van der Waals surface area contributed by atoms with E-state index >= 15 is 0 Å². The Morgan fingerprint density at radius 3 is 2.06 bits per heavy atom. The summed E-state index contributed by atoms with van der Waals surface area (Å²) < 4.78 is 0. The minimum Gasteiger partial charge on any atom is -0.306 e. The maximum absolute atomic E-state index is 2.67. The summed E-state index contributed by atoms with van der Waals surface area (Å²) >= 11 is 0. The SMILES string of the molecule is CN1CCC(C[C@H]2CCN(C(C)(C)C)C2)CC1. The molecule has 2 nitrogen and oxygen atoms in total. The van der Waals surface area contributed by atoms with Crippen molar-refractivity contribution in [3.63, 3.8) is 0 Å². The molecule has 2 rings (SSSR count). The van der Waals surface area contributed by atoms with Gasteiger partial charge in [0.2, 0.25) is 0 Å². The van der Waals surface area contributed by atoms with Gasteiger partial charge in [-0.15, -0.1) is 0 Å². The average molecular weight is 238 g/mol. The van der Waals surface area contributed by atoms with Crippen molar-refractivity contribution in [3.05, 3.63) is 0 Å². The maximum Gasteiger partial charge on any atom is 0.0125 e. The Kier molecular flexibility index (Phi) is 4.14. The van der Waals surface area contributed by atoms with Crippen LogP contribution in [-0.2, 0) is 0 Å². The molecule has 0 amide bonds. The van der Waals surface area contributed by atoms with Crippen molar-refractivity contribution >= 4 is 0 Å². The van der Waals surface area contributed by atoms with Gasteiger partial charge in [0, 0.05) is 12.1 Å². The van der Waals surface area contributed by atoms with Crippen molar-refractivity contribution in [1.29, 1.82) is 0 Å². The second-order valence-corrected chi connectivity index (χ2v) is 7.25. The number of likely N-dealkylation sites (tertiary alicyclic amines) is 2. The Hall–Kier alpha value is -0.0800. The molecule has 2 heterocycles. The predicted octanol–water partition coefficient (Wildman–Crippen LogP) is 2.84. The third kappa shape index (κ3) is 3.69. The molecule has 2 aliphatic rings. The number of hydrogen-bond donors (Lipinski definition) is 0. The van der Waals surface area contributed by atoms with E-state index in [-0.39, 0.29) is 0 Å². The van der Waals surface area contributed by atoms with E-state index < -0.39 is 0 Å². The van der Waals surface area contributed by atoms with Crippen molar-refractivity contribution < 1.29 is 0 Å². The normalized spacial score (nSPS) is 30.0. The molecule has 0 bridgehead atoms. The fourth-order valence-electron chi connectivity index (χ4n) is 3.40. The van der Waals surface area contributed by atoms with E-state index in [4.69, 9.17) is 0 Å². The summed E-state index contributed by atoms with van der Waals surface area (Å²) in [5, 5.41) is 0. The summed E-state index contributed by atoms with van der Waals surface area (Å²) in [5.74, 6) is 1.98. The molecule has 2 saturated heterocycles. The molecule has 100 valence electrons. The van der Waals surface area contributed by atoms with Crippen LogP contribution in [0.2, 0.25) is 0 Å². The van der Waals surface area contributed by atoms with Gasteiger partial charge < -0.3 is 4.90 Å². The highest BCUT2D eigenvalue weighted by molar-refractivity contribution is 4.86. The van der Waals surface area contributed by atoms with Crippen molar-refractivity contribution in [2.24, 2.45) is 11.8 Å². The van der Waals surface area contributed by atoms with Crippen molar-refractivity contribution in [2.75, 3.05) is 33.2 Å². The van der Waals surface area contributed by atoms with E-state index in [0.717, 1.165) is 11.8 Å². The summed E-state index contributed by atoms with van der Waals surface area (Å²) in [5.41, 5.74) is 0.377. The third-order valence-electron chi connectivity index (χ3n) is 4.74. The van der Waals surface area contributed by atoms with E-state index in [9.17, 15) is 0 Å². The average Bonchev–Trinajstić information content (AvgIpc) is 2.69. The monoisotopic (exact) mass is 238 g/mol. The highest BCUT2D eigenvalue weighted by Crippen LogP contribution is 2.31. The highest BCUT2D eigenvalue weighted by Gasteiger charge is 2.31. The van der Waals surface area contributed by atoms with Gasteiger partial charge in [-0.25, -0.2) is 0 Å². The molecule has 0 aliphatic carbocycles. The molecule has 0 aromatic heterocycles. The Bertz CT molecular complexity index is 236. The van der Waals surface area contributed by atoms with E-state index in [1.54, 1.807) is 0 Å². The van der Waals surface area contributed by atoms with Gasteiger partial charge in [-0.3, -0.25) is 4.90 Å². The lowest BCUT2D eigenvalue weighted by atomic mass is 9.87. The van der Waals surface area contributed by atoms with Crippen LogP contribution in [0.1, 0.15) is 46.5 Å². The van der Waals surface area contributed by atoms with Gasteiger partial charge in [0.25, 0.3) is 0 Å². The van der Waals surface area contributed by atoms with Gasteiger partial charge in [0.1, 0.15) is 0 Å². The van der Waals surface area contributed by atoms with Gasteiger partial charge in [0.15, 0.2) is 0 Å². The van der Waals surface area contributed by atoms with E-state index in [2.05, 4.69) is 37.6 Å². The van der Waals surface area contributed by atoms with Gasteiger partial charge >= 0.3 is 0 Å². The minimum atomic E-state index is 0.377. The van der Waals surface area contributed by atoms with Gasteiger partial charge in [0.05, 0.1) is 0 Å². The smallest absolute Gasteiger partial charge is 0.0125 e. The summed E-state index contributed by atoms with van der Waals surface area (Å²) in [7, 11) is 2.26. The lowest BCUT2D eigenvalue weighted by molar-refractivity contribution is 0.157. The van der Waals surface area contributed by atoms with Crippen molar-refractivity contribution in [3.8, 4) is 0 Å². The summed E-state index contributed by atoms with van der Waals surface area (Å²) in [4.78, 5) is 5.15. The molecule has 17 heavy (non-hydrogen) atoms. The lowest BCUT2D eigenvalue weighted by Crippen LogP contribution is -2.39. The Balaban J connectivity index is 1.74. The van der Waals surface area contributed by atoms with Crippen LogP contribution in [0.25, 0.3) is 0 Å². The first kappa shape index (κ1) is 13.4. The van der Waals surface area contributed by atoms with Crippen LogP contribution >= 0.6 is 0 Å². The predicted molar refractivity (Wildman–Crippen MR) is 74.3 cm³/mol. The summed E-state index contributed by atoms with van der Waals surface area (Å²) in [6.07, 6.45) is 5.79. The fraction of sp³-hybridized carbons (Fsp3) is 1.00. The topological polar surface area (TPSA) is 6.48 Å². The number of nitrogens with zero attached hydrogens (tertiary/aromatic N) is 2. The van der Waals surface area contributed by atoms with Crippen LogP contribution in [-0.4, -0.2) is 48.6 Å². The molecule has 2 aliphatic heterocycles. The van der Waals surface area contributed by atoms with Gasteiger partial charge in [-0.1, -0.05) is 0 Å². The Morgan fingerprint density at radius 2 is 1.53 bits per heavy atom. The van der Waals surface area contributed by atoms with E-state index in [1.807, 2.05) is 0 Å². The van der Waals surface area contributed by atoms with E-state index in [1.165, 1.54) is 51.9 Å². The molecule has 2 heteroatoms. The lowest BCUT2D eigenvalue weighted by Gasteiger charge is -2.33. The first-order valence-electron chi connectivity index (χ1n) is 7.39. The zero-order valence-electron chi connectivity index (χ0n) is 12.2. The molecule has 0 aromatic carbocycles. The molecule has 0 aromatic rings. The second kappa shape index (κ2) is 5.27. The van der Waals surface area contributed by atoms with Gasteiger partial charge in [-0.2, -0.15) is 0 Å². The van der Waals surface area contributed by atoms with Crippen LogP contribution < -0.4 is 0 Å². The third-order valence-corrected chi connectivity index (χ3v) is 4.74. The molecule has 2 fully saturated rings. The van der Waals surface area contributed by atoms with Crippen LogP contribution in [0.4, 0.5) is 0 Å². The number of rotatable bonds is 2. The molecule has 0 N–H and O–H groups in total. The summed E-state index contributed by atoms with van der Waals surface area (Å²) in [6, 6.07) is 0. The second-order valence-electron chi connectivity index (χ2n) is 7.25. The van der Waals surface area contributed by atoms with Crippen molar-refractivity contribution in [1.82, 2.24) is 9.80 Å². The Labute approximate surface area is 107 Å². The summed E-state index contributed by atoms with van der Waals surface area (Å²) in [6.45, 7) is 12.4. The van der Waals surface area contributed by atoms with Crippen molar-refractivity contribution in [2.45, 2.75) is 52.0 Å².